The van der Waals surface area contributed by atoms with Gasteiger partial charge in [0.2, 0.25) is 0 Å². The number of carbonyl (C=O) groups is 2. The number of allylic oxidation sites excluding steroid dienone is 8. The highest BCUT2D eigenvalue weighted by molar-refractivity contribution is 5.70. The van der Waals surface area contributed by atoms with E-state index in [0.717, 1.165) is 70.6 Å². The molecule has 0 aliphatic carbocycles. The molecule has 5 nitrogen and oxygen atoms in total. The molecule has 0 bridgehead atoms. The number of esters is 2. The Morgan fingerprint density at radius 1 is 0.523 bits per heavy atom. The summed E-state index contributed by atoms with van der Waals surface area (Å²) in [6.45, 7) is 7.46. The summed E-state index contributed by atoms with van der Waals surface area (Å²) in [4.78, 5) is 24.7. The first-order valence-corrected chi connectivity index (χ1v) is 18.2. The zero-order chi connectivity index (χ0) is 32.2. The molecule has 0 amide bonds. The second kappa shape index (κ2) is 35.3. The molecule has 0 radical (unpaired) electrons. The molecular formula is C39H68O5. The van der Waals surface area contributed by atoms with Crippen LogP contribution in [0.4, 0.5) is 0 Å². The largest absolute Gasteiger partial charge is 0.462 e. The second-order valence-electron chi connectivity index (χ2n) is 11.8. The van der Waals surface area contributed by atoms with Gasteiger partial charge in [0, 0.05) is 19.4 Å². The fourth-order valence-corrected chi connectivity index (χ4v) is 4.69. The molecule has 1 unspecified atom stereocenters. The number of rotatable bonds is 32. The van der Waals surface area contributed by atoms with Crippen LogP contribution in [0.15, 0.2) is 48.6 Å². The first-order valence-electron chi connectivity index (χ1n) is 18.2. The molecule has 0 aromatic rings. The van der Waals surface area contributed by atoms with Crippen LogP contribution in [0.1, 0.15) is 162 Å². The van der Waals surface area contributed by atoms with Gasteiger partial charge in [-0.05, 0) is 51.4 Å². The van der Waals surface area contributed by atoms with Crippen molar-refractivity contribution in [2.45, 2.75) is 168 Å². The zero-order valence-corrected chi connectivity index (χ0v) is 28.9. The summed E-state index contributed by atoms with van der Waals surface area (Å²) in [6.07, 6.45) is 39.9. The molecule has 0 heterocycles. The van der Waals surface area contributed by atoms with Crippen LogP contribution in [0.5, 0.6) is 0 Å². The Bertz CT molecular complexity index is 752. The third-order valence-corrected chi connectivity index (χ3v) is 7.38. The van der Waals surface area contributed by atoms with Gasteiger partial charge in [-0.25, -0.2) is 0 Å². The van der Waals surface area contributed by atoms with E-state index >= 15 is 0 Å². The van der Waals surface area contributed by atoms with Crippen LogP contribution in [-0.2, 0) is 23.8 Å². The number of unbranched alkanes of at least 4 members (excludes halogenated alkanes) is 13. The lowest BCUT2D eigenvalue weighted by molar-refractivity contribution is -0.163. The number of ether oxygens (including phenoxy) is 3. The lowest BCUT2D eigenvalue weighted by atomic mass is 10.1. The van der Waals surface area contributed by atoms with Gasteiger partial charge in [-0.3, -0.25) is 9.59 Å². The standard InChI is InChI=1S/C39H68O5/c1-4-7-10-13-15-17-18-19-20-21-23-25-28-31-34-42-35-37(44-39(41)33-30-26-12-9-6-3)36-43-38(40)32-29-27-24-22-16-14-11-8-5-2/h7,10,15,17,19-20,23,25,37H,4-6,8-9,11-14,16,18,21-22,24,26-36H2,1-3H3/b10-7-,17-15-,20-19-,25-23-. The average molecular weight is 617 g/mol. The van der Waals surface area contributed by atoms with Crippen molar-refractivity contribution in [3.8, 4) is 0 Å². The highest BCUT2D eigenvalue weighted by atomic mass is 16.6. The monoisotopic (exact) mass is 617 g/mol. The van der Waals surface area contributed by atoms with Crippen LogP contribution < -0.4 is 0 Å². The van der Waals surface area contributed by atoms with E-state index in [-0.39, 0.29) is 25.2 Å². The van der Waals surface area contributed by atoms with Crippen molar-refractivity contribution in [2.75, 3.05) is 19.8 Å². The minimum absolute atomic E-state index is 0.0642. The van der Waals surface area contributed by atoms with E-state index < -0.39 is 6.10 Å². The summed E-state index contributed by atoms with van der Waals surface area (Å²) in [6, 6.07) is 0. The van der Waals surface area contributed by atoms with Crippen LogP contribution in [0.25, 0.3) is 0 Å². The second-order valence-corrected chi connectivity index (χ2v) is 11.8. The van der Waals surface area contributed by atoms with Crippen molar-refractivity contribution >= 4 is 11.9 Å². The molecule has 0 rings (SSSR count). The summed E-state index contributed by atoms with van der Waals surface area (Å²) in [5.41, 5.74) is 0. The van der Waals surface area contributed by atoms with E-state index in [9.17, 15) is 9.59 Å². The van der Waals surface area contributed by atoms with Crippen LogP contribution in [0, 0.1) is 0 Å². The topological polar surface area (TPSA) is 61.8 Å². The molecule has 5 heteroatoms. The molecule has 0 aliphatic rings. The molecule has 44 heavy (non-hydrogen) atoms. The zero-order valence-electron chi connectivity index (χ0n) is 28.9. The number of carbonyl (C=O) groups excluding carboxylic acids is 2. The van der Waals surface area contributed by atoms with Gasteiger partial charge >= 0.3 is 11.9 Å². The van der Waals surface area contributed by atoms with Gasteiger partial charge in [-0.1, -0.05) is 146 Å². The van der Waals surface area contributed by atoms with Gasteiger partial charge in [0.05, 0.1) is 6.61 Å². The van der Waals surface area contributed by atoms with Crippen molar-refractivity contribution < 1.29 is 23.8 Å². The third-order valence-electron chi connectivity index (χ3n) is 7.38. The Labute approximate surface area is 272 Å². The van der Waals surface area contributed by atoms with Gasteiger partial charge in [-0.15, -0.1) is 0 Å². The van der Waals surface area contributed by atoms with E-state index in [1.165, 1.54) is 57.8 Å². The summed E-state index contributed by atoms with van der Waals surface area (Å²) in [7, 11) is 0. The molecule has 0 spiro atoms. The molecule has 0 N–H and O–H groups in total. The summed E-state index contributed by atoms with van der Waals surface area (Å²) >= 11 is 0. The van der Waals surface area contributed by atoms with E-state index in [1.54, 1.807) is 0 Å². The molecule has 0 aromatic carbocycles. The minimum Gasteiger partial charge on any atom is -0.462 e. The predicted molar refractivity (Wildman–Crippen MR) is 187 cm³/mol. The highest BCUT2D eigenvalue weighted by Gasteiger charge is 2.17. The molecule has 0 saturated heterocycles. The first kappa shape index (κ1) is 41.9. The summed E-state index contributed by atoms with van der Waals surface area (Å²) in [5, 5.41) is 0. The Balaban J connectivity index is 4.24. The van der Waals surface area contributed by atoms with Gasteiger partial charge < -0.3 is 14.2 Å². The molecule has 254 valence electrons. The maximum atomic E-state index is 12.4. The van der Waals surface area contributed by atoms with E-state index in [0.29, 0.717) is 19.4 Å². The smallest absolute Gasteiger partial charge is 0.306 e. The average Bonchev–Trinajstić information content (AvgIpc) is 3.02. The Hall–Kier alpha value is -2.14. The third kappa shape index (κ3) is 32.8. The molecule has 0 fully saturated rings. The van der Waals surface area contributed by atoms with Crippen molar-refractivity contribution in [3.63, 3.8) is 0 Å². The highest BCUT2D eigenvalue weighted by Crippen LogP contribution is 2.12. The van der Waals surface area contributed by atoms with Crippen LogP contribution >= 0.6 is 0 Å². The Kier molecular flexibility index (Phi) is 33.6. The predicted octanol–water partition coefficient (Wildman–Crippen LogP) is 11.3. The molecule has 0 saturated carbocycles. The van der Waals surface area contributed by atoms with Crippen LogP contribution in [-0.4, -0.2) is 37.9 Å². The summed E-state index contributed by atoms with van der Waals surface area (Å²) < 4.78 is 17.0. The van der Waals surface area contributed by atoms with E-state index in [2.05, 4.69) is 69.4 Å². The van der Waals surface area contributed by atoms with Crippen molar-refractivity contribution in [3.05, 3.63) is 48.6 Å². The Morgan fingerprint density at radius 2 is 1.00 bits per heavy atom. The lowest BCUT2D eigenvalue weighted by Gasteiger charge is -2.18. The van der Waals surface area contributed by atoms with Gasteiger partial charge in [-0.2, -0.15) is 0 Å². The molecule has 1 atom stereocenters. The quantitative estimate of drug-likeness (QED) is 0.0427. The SMILES string of the molecule is CC/C=C\C/C=C\C/C=C\C/C=C\CCCOCC(COC(=O)CCCCCCCCCCC)OC(=O)CCCCCCC. The fourth-order valence-electron chi connectivity index (χ4n) is 4.69. The minimum atomic E-state index is -0.553. The number of hydrogen-bond acceptors (Lipinski definition) is 5. The van der Waals surface area contributed by atoms with Gasteiger partial charge in [0.15, 0.2) is 6.10 Å². The van der Waals surface area contributed by atoms with Crippen LogP contribution in [0.2, 0.25) is 0 Å². The van der Waals surface area contributed by atoms with Gasteiger partial charge in [0.25, 0.3) is 0 Å². The fraction of sp³-hybridized carbons (Fsp3) is 0.744. The maximum absolute atomic E-state index is 12.4. The lowest BCUT2D eigenvalue weighted by Crippen LogP contribution is -2.30. The van der Waals surface area contributed by atoms with Crippen LogP contribution in [0.3, 0.4) is 0 Å². The molecule has 0 aromatic heterocycles. The first-order chi connectivity index (χ1) is 21.6. The Morgan fingerprint density at radius 3 is 1.55 bits per heavy atom. The maximum Gasteiger partial charge on any atom is 0.306 e. The number of hydrogen-bond donors (Lipinski definition) is 0. The van der Waals surface area contributed by atoms with E-state index in [1.807, 2.05) is 0 Å². The van der Waals surface area contributed by atoms with Gasteiger partial charge in [0.1, 0.15) is 6.61 Å². The van der Waals surface area contributed by atoms with E-state index in [4.69, 9.17) is 14.2 Å². The van der Waals surface area contributed by atoms with Crippen molar-refractivity contribution in [1.29, 1.82) is 0 Å². The molecule has 0 aliphatic heterocycles. The van der Waals surface area contributed by atoms with Crippen molar-refractivity contribution in [2.24, 2.45) is 0 Å². The molecular weight excluding hydrogens is 548 g/mol. The van der Waals surface area contributed by atoms with Crippen molar-refractivity contribution in [1.82, 2.24) is 0 Å². The normalized spacial score (nSPS) is 12.7. The summed E-state index contributed by atoms with van der Waals surface area (Å²) in [5.74, 6) is -0.446.